The highest BCUT2D eigenvalue weighted by molar-refractivity contribution is 5.06. The van der Waals surface area contributed by atoms with Crippen molar-refractivity contribution in [2.75, 3.05) is 6.54 Å². The van der Waals surface area contributed by atoms with Gasteiger partial charge in [0.1, 0.15) is 0 Å². The van der Waals surface area contributed by atoms with Gasteiger partial charge in [-0.3, -0.25) is 0 Å². The standard InChI is InChI=1S/C12H21N3O/c1-3-12(7-5-6-8-12)11-15-14-10(16-11)9-13-4-2/h13H,3-9H2,1-2H3. The van der Waals surface area contributed by atoms with Crippen molar-refractivity contribution in [1.82, 2.24) is 15.5 Å². The van der Waals surface area contributed by atoms with E-state index >= 15 is 0 Å². The molecule has 0 radical (unpaired) electrons. The molecule has 16 heavy (non-hydrogen) atoms. The van der Waals surface area contributed by atoms with Crippen LogP contribution in [0.1, 0.15) is 57.7 Å². The molecule has 0 aromatic carbocycles. The smallest absolute Gasteiger partial charge is 0.230 e. The van der Waals surface area contributed by atoms with Crippen LogP contribution in [0.5, 0.6) is 0 Å². The van der Waals surface area contributed by atoms with E-state index in [0.29, 0.717) is 6.54 Å². The number of hydrogen-bond donors (Lipinski definition) is 1. The van der Waals surface area contributed by atoms with Crippen molar-refractivity contribution in [3.63, 3.8) is 0 Å². The molecular formula is C12H21N3O. The third-order valence-electron chi connectivity index (χ3n) is 3.68. The van der Waals surface area contributed by atoms with Gasteiger partial charge in [-0.05, 0) is 25.8 Å². The molecule has 1 aliphatic carbocycles. The molecule has 1 fully saturated rings. The fraction of sp³-hybridized carbons (Fsp3) is 0.833. The quantitative estimate of drug-likeness (QED) is 0.832. The van der Waals surface area contributed by atoms with Gasteiger partial charge in [0.05, 0.1) is 6.54 Å². The minimum Gasteiger partial charge on any atom is -0.423 e. The molecular weight excluding hydrogens is 202 g/mol. The Labute approximate surface area is 96.8 Å². The van der Waals surface area contributed by atoms with Crippen LogP contribution in [-0.4, -0.2) is 16.7 Å². The fourth-order valence-corrected chi connectivity index (χ4v) is 2.54. The average Bonchev–Trinajstić information content (AvgIpc) is 2.95. The van der Waals surface area contributed by atoms with Crippen molar-refractivity contribution < 1.29 is 4.42 Å². The Balaban J connectivity index is 2.10. The Morgan fingerprint density at radius 2 is 2.00 bits per heavy atom. The Morgan fingerprint density at radius 1 is 1.25 bits per heavy atom. The Bertz CT molecular complexity index is 329. The van der Waals surface area contributed by atoms with Crippen LogP contribution in [0.4, 0.5) is 0 Å². The third-order valence-corrected chi connectivity index (χ3v) is 3.68. The molecule has 0 atom stereocenters. The molecule has 1 heterocycles. The number of rotatable bonds is 5. The first-order chi connectivity index (χ1) is 7.80. The van der Waals surface area contributed by atoms with Crippen molar-refractivity contribution in [2.45, 2.75) is 57.9 Å². The van der Waals surface area contributed by atoms with Gasteiger partial charge in [-0.25, -0.2) is 0 Å². The molecule has 0 bridgehead atoms. The normalized spacial score (nSPS) is 19.1. The fourth-order valence-electron chi connectivity index (χ4n) is 2.54. The largest absolute Gasteiger partial charge is 0.423 e. The summed E-state index contributed by atoms with van der Waals surface area (Å²) in [5, 5.41) is 11.6. The maximum Gasteiger partial charge on any atom is 0.230 e. The molecule has 1 aliphatic rings. The highest BCUT2D eigenvalue weighted by Crippen LogP contribution is 2.42. The molecule has 2 rings (SSSR count). The van der Waals surface area contributed by atoms with Crippen molar-refractivity contribution in [2.24, 2.45) is 0 Å². The van der Waals surface area contributed by atoms with Crippen LogP contribution in [0.15, 0.2) is 4.42 Å². The SMILES string of the molecule is CCNCc1nnc(C2(CC)CCCC2)o1. The summed E-state index contributed by atoms with van der Waals surface area (Å²) in [4.78, 5) is 0. The van der Waals surface area contributed by atoms with Crippen LogP contribution < -0.4 is 5.32 Å². The monoisotopic (exact) mass is 223 g/mol. The topological polar surface area (TPSA) is 51.0 Å². The van der Waals surface area contributed by atoms with E-state index in [1.165, 1.54) is 25.7 Å². The van der Waals surface area contributed by atoms with E-state index in [0.717, 1.165) is 24.7 Å². The van der Waals surface area contributed by atoms with Crippen LogP contribution in [0.3, 0.4) is 0 Å². The number of hydrogen-bond acceptors (Lipinski definition) is 4. The maximum atomic E-state index is 5.78. The molecule has 1 N–H and O–H groups in total. The van der Waals surface area contributed by atoms with Gasteiger partial charge < -0.3 is 9.73 Å². The lowest BCUT2D eigenvalue weighted by molar-refractivity contribution is 0.303. The van der Waals surface area contributed by atoms with Crippen LogP contribution >= 0.6 is 0 Å². The summed E-state index contributed by atoms with van der Waals surface area (Å²) in [5.74, 6) is 1.58. The van der Waals surface area contributed by atoms with Crippen molar-refractivity contribution in [3.05, 3.63) is 11.8 Å². The summed E-state index contributed by atoms with van der Waals surface area (Å²) in [6.45, 7) is 5.90. The summed E-state index contributed by atoms with van der Waals surface area (Å²) in [5.41, 5.74) is 0.178. The zero-order valence-corrected chi connectivity index (χ0v) is 10.3. The van der Waals surface area contributed by atoms with E-state index in [-0.39, 0.29) is 5.41 Å². The second kappa shape index (κ2) is 4.95. The minimum absolute atomic E-state index is 0.178. The zero-order chi connectivity index (χ0) is 11.4. The van der Waals surface area contributed by atoms with Gasteiger partial charge in [-0.1, -0.05) is 26.7 Å². The second-order valence-electron chi connectivity index (χ2n) is 4.62. The summed E-state index contributed by atoms with van der Waals surface area (Å²) in [6.07, 6.45) is 6.09. The van der Waals surface area contributed by atoms with Crippen LogP contribution in [0.25, 0.3) is 0 Å². The lowest BCUT2D eigenvalue weighted by atomic mass is 9.83. The molecule has 1 aromatic heterocycles. The first-order valence-electron chi connectivity index (χ1n) is 6.34. The van der Waals surface area contributed by atoms with Crippen LogP contribution in [0, 0.1) is 0 Å². The molecule has 0 aliphatic heterocycles. The van der Waals surface area contributed by atoms with Crippen LogP contribution in [-0.2, 0) is 12.0 Å². The van der Waals surface area contributed by atoms with Crippen molar-refractivity contribution in [1.29, 1.82) is 0 Å². The molecule has 4 nitrogen and oxygen atoms in total. The first kappa shape index (κ1) is 11.6. The first-order valence-corrected chi connectivity index (χ1v) is 6.34. The molecule has 0 amide bonds. The molecule has 1 aromatic rings. The highest BCUT2D eigenvalue weighted by atomic mass is 16.4. The van der Waals surface area contributed by atoms with Gasteiger partial charge in [0.2, 0.25) is 11.8 Å². The molecule has 4 heteroatoms. The third kappa shape index (κ3) is 2.12. The van der Waals surface area contributed by atoms with Crippen LogP contribution in [0.2, 0.25) is 0 Å². The van der Waals surface area contributed by atoms with Crippen molar-refractivity contribution >= 4 is 0 Å². The van der Waals surface area contributed by atoms with Gasteiger partial charge in [-0.2, -0.15) is 0 Å². The minimum atomic E-state index is 0.178. The number of nitrogens with zero attached hydrogens (tertiary/aromatic N) is 2. The predicted molar refractivity (Wildman–Crippen MR) is 62.1 cm³/mol. The van der Waals surface area contributed by atoms with E-state index < -0.39 is 0 Å². The molecule has 90 valence electrons. The van der Waals surface area contributed by atoms with Crippen molar-refractivity contribution in [3.8, 4) is 0 Å². The van der Waals surface area contributed by atoms with E-state index in [4.69, 9.17) is 4.42 Å². The second-order valence-corrected chi connectivity index (χ2v) is 4.62. The number of aromatic nitrogens is 2. The van der Waals surface area contributed by atoms with E-state index in [9.17, 15) is 0 Å². The number of nitrogens with one attached hydrogen (secondary N) is 1. The molecule has 0 spiro atoms. The lowest BCUT2D eigenvalue weighted by Gasteiger charge is -2.22. The highest BCUT2D eigenvalue weighted by Gasteiger charge is 2.38. The Kier molecular flexibility index (Phi) is 3.59. The molecule has 0 saturated heterocycles. The van der Waals surface area contributed by atoms with Gasteiger partial charge in [0, 0.05) is 5.41 Å². The zero-order valence-electron chi connectivity index (χ0n) is 10.3. The lowest BCUT2D eigenvalue weighted by Crippen LogP contribution is -2.21. The van der Waals surface area contributed by atoms with Gasteiger partial charge in [0.25, 0.3) is 0 Å². The molecule has 1 saturated carbocycles. The Hall–Kier alpha value is -0.900. The molecule has 0 unspecified atom stereocenters. The van der Waals surface area contributed by atoms with Gasteiger partial charge in [-0.15, -0.1) is 10.2 Å². The summed E-state index contributed by atoms with van der Waals surface area (Å²) >= 11 is 0. The summed E-state index contributed by atoms with van der Waals surface area (Å²) in [6, 6.07) is 0. The summed E-state index contributed by atoms with van der Waals surface area (Å²) in [7, 11) is 0. The van der Waals surface area contributed by atoms with E-state index in [1.54, 1.807) is 0 Å². The predicted octanol–water partition coefficient (Wildman–Crippen LogP) is 2.40. The summed E-state index contributed by atoms with van der Waals surface area (Å²) < 4.78 is 5.78. The van der Waals surface area contributed by atoms with Gasteiger partial charge >= 0.3 is 0 Å². The maximum absolute atomic E-state index is 5.78. The average molecular weight is 223 g/mol. The van der Waals surface area contributed by atoms with E-state index in [1.807, 2.05) is 0 Å². The Morgan fingerprint density at radius 3 is 2.62 bits per heavy atom. The van der Waals surface area contributed by atoms with Gasteiger partial charge in [0.15, 0.2) is 0 Å². The van der Waals surface area contributed by atoms with E-state index in [2.05, 4.69) is 29.4 Å².